The van der Waals surface area contributed by atoms with Gasteiger partial charge < -0.3 is 18.8 Å². The van der Waals surface area contributed by atoms with E-state index >= 15 is 0 Å². The Balaban J connectivity index is 1.28. The Labute approximate surface area is 170 Å². The summed E-state index contributed by atoms with van der Waals surface area (Å²) in [6.07, 6.45) is 3.99. The minimum atomic E-state index is 0.400. The maximum Gasteiger partial charge on any atom is 0.161 e. The van der Waals surface area contributed by atoms with Gasteiger partial charge in [-0.1, -0.05) is 6.07 Å². The van der Waals surface area contributed by atoms with Gasteiger partial charge >= 0.3 is 0 Å². The summed E-state index contributed by atoms with van der Waals surface area (Å²) >= 11 is 0. The van der Waals surface area contributed by atoms with Gasteiger partial charge in [-0.2, -0.15) is 0 Å². The van der Waals surface area contributed by atoms with Crippen LogP contribution in [0.2, 0.25) is 0 Å². The summed E-state index contributed by atoms with van der Waals surface area (Å²) in [5.41, 5.74) is 3.17. The van der Waals surface area contributed by atoms with Crippen molar-refractivity contribution in [3.05, 3.63) is 47.9 Å². The van der Waals surface area contributed by atoms with Crippen molar-refractivity contribution in [2.45, 2.75) is 32.0 Å². The van der Waals surface area contributed by atoms with Crippen molar-refractivity contribution in [3.63, 3.8) is 0 Å². The van der Waals surface area contributed by atoms with Crippen LogP contribution in [0, 0.1) is 0 Å². The zero-order valence-corrected chi connectivity index (χ0v) is 16.7. The first-order valence-electron chi connectivity index (χ1n) is 10.2. The molecule has 1 fully saturated rings. The van der Waals surface area contributed by atoms with Crippen LogP contribution in [0.1, 0.15) is 30.3 Å². The van der Waals surface area contributed by atoms with Gasteiger partial charge in [-0.3, -0.25) is 4.90 Å². The summed E-state index contributed by atoms with van der Waals surface area (Å²) in [6.45, 7) is 4.77. The highest BCUT2D eigenvalue weighted by atomic mass is 16.6. The van der Waals surface area contributed by atoms with Crippen molar-refractivity contribution in [3.8, 4) is 11.5 Å². The van der Waals surface area contributed by atoms with Crippen molar-refractivity contribution >= 4 is 11.2 Å². The summed E-state index contributed by atoms with van der Waals surface area (Å²) in [5.74, 6) is 2.68. The van der Waals surface area contributed by atoms with E-state index in [-0.39, 0.29) is 0 Å². The number of piperidine rings is 1. The van der Waals surface area contributed by atoms with Gasteiger partial charge in [0.25, 0.3) is 0 Å². The molecule has 2 aliphatic rings. The Morgan fingerprint density at radius 3 is 2.76 bits per heavy atom. The zero-order chi connectivity index (χ0) is 19.6. The number of fused-ring (bicyclic) bond motifs is 2. The monoisotopic (exact) mass is 394 g/mol. The average Bonchev–Trinajstić information content (AvgIpc) is 3.12. The number of pyridine rings is 1. The highest BCUT2D eigenvalue weighted by molar-refractivity contribution is 5.71. The van der Waals surface area contributed by atoms with E-state index < -0.39 is 0 Å². The van der Waals surface area contributed by atoms with E-state index in [0.717, 1.165) is 61.0 Å². The maximum absolute atomic E-state index is 5.72. The van der Waals surface area contributed by atoms with Crippen LogP contribution in [-0.2, 0) is 17.9 Å². The predicted molar refractivity (Wildman–Crippen MR) is 109 cm³/mol. The normalized spacial score (nSPS) is 17.7. The van der Waals surface area contributed by atoms with E-state index in [1.54, 1.807) is 7.11 Å². The van der Waals surface area contributed by atoms with Gasteiger partial charge in [0.2, 0.25) is 0 Å². The first-order chi connectivity index (χ1) is 14.3. The molecule has 7 heteroatoms. The summed E-state index contributed by atoms with van der Waals surface area (Å²) < 4.78 is 19.0. The number of hydrogen-bond donors (Lipinski definition) is 0. The molecule has 152 valence electrons. The van der Waals surface area contributed by atoms with Crippen LogP contribution < -0.4 is 9.47 Å². The highest BCUT2D eigenvalue weighted by Crippen LogP contribution is 2.32. The van der Waals surface area contributed by atoms with Crippen LogP contribution in [0.5, 0.6) is 11.5 Å². The molecular formula is C22H26N4O3. The molecule has 0 aliphatic carbocycles. The molecule has 0 radical (unpaired) electrons. The van der Waals surface area contributed by atoms with E-state index in [4.69, 9.17) is 19.2 Å². The Morgan fingerprint density at radius 1 is 1.10 bits per heavy atom. The summed E-state index contributed by atoms with van der Waals surface area (Å²) in [6, 6.07) is 10.6. The standard InChI is InChI=1S/C22H26N4O3/c1-27-15-21-24-18-3-2-8-23-22(18)26(21)17-6-9-25(10-7-17)14-16-4-5-19-20(13-16)29-12-11-28-19/h2-5,8,13,17H,6-7,9-12,14-15H2,1H3. The first kappa shape index (κ1) is 18.4. The lowest BCUT2D eigenvalue weighted by molar-refractivity contribution is 0.155. The number of likely N-dealkylation sites (tertiary alicyclic amines) is 1. The second-order valence-electron chi connectivity index (χ2n) is 7.66. The Bertz CT molecular complexity index is 995. The largest absolute Gasteiger partial charge is 0.486 e. The van der Waals surface area contributed by atoms with Gasteiger partial charge in [0, 0.05) is 39.0 Å². The van der Waals surface area contributed by atoms with Gasteiger partial charge in [-0.25, -0.2) is 9.97 Å². The number of hydrogen-bond acceptors (Lipinski definition) is 6. The molecule has 0 saturated carbocycles. The lowest BCUT2D eigenvalue weighted by Gasteiger charge is -2.33. The van der Waals surface area contributed by atoms with Crippen molar-refractivity contribution in [1.82, 2.24) is 19.4 Å². The van der Waals surface area contributed by atoms with E-state index in [2.05, 4.69) is 26.6 Å². The van der Waals surface area contributed by atoms with Crippen LogP contribution >= 0.6 is 0 Å². The van der Waals surface area contributed by atoms with Crippen molar-refractivity contribution in [2.75, 3.05) is 33.4 Å². The molecule has 0 amide bonds. The summed E-state index contributed by atoms with van der Waals surface area (Å²) in [5, 5.41) is 0. The molecule has 29 heavy (non-hydrogen) atoms. The topological polar surface area (TPSA) is 61.6 Å². The second-order valence-corrected chi connectivity index (χ2v) is 7.66. The molecule has 2 aromatic heterocycles. The molecule has 5 rings (SSSR count). The van der Waals surface area contributed by atoms with E-state index in [1.807, 2.05) is 24.4 Å². The molecule has 4 heterocycles. The fourth-order valence-electron chi connectivity index (χ4n) is 4.37. The van der Waals surface area contributed by atoms with Crippen LogP contribution in [0.15, 0.2) is 36.5 Å². The zero-order valence-electron chi connectivity index (χ0n) is 16.7. The molecular weight excluding hydrogens is 368 g/mol. The SMILES string of the molecule is COCc1nc2cccnc2n1C1CCN(Cc2ccc3c(c2)OCCO3)CC1. The smallest absolute Gasteiger partial charge is 0.161 e. The molecule has 0 N–H and O–H groups in total. The van der Waals surface area contributed by atoms with Crippen molar-refractivity contribution in [1.29, 1.82) is 0 Å². The molecule has 0 spiro atoms. The van der Waals surface area contributed by atoms with Crippen molar-refractivity contribution in [2.24, 2.45) is 0 Å². The number of rotatable bonds is 5. The molecule has 3 aromatic rings. The van der Waals surface area contributed by atoms with Gasteiger partial charge in [0.15, 0.2) is 17.1 Å². The number of methoxy groups -OCH3 is 1. The number of imidazole rings is 1. The molecule has 1 saturated heterocycles. The fourth-order valence-corrected chi connectivity index (χ4v) is 4.37. The van der Waals surface area contributed by atoms with Crippen LogP contribution in [0.3, 0.4) is 0 Å². The van der Waals surface area contributed by atoms with Crippen molar-refractivity contribution < 1.29 is 14.2 Å². The summed E-state index contributed by atoms with van der Waals surface area (Å²) in [4.78, 5) is 11.8. The number of benzene rings is 1. The minimum Gasteiger partial charge on any atom is -0.486 e. The quantitative estimate of drug-likeness (QED) is 0.662. The molecule has 7 nitrogen and oxygen atoms in total. The number of ether oxygens (including phenoxy) is 3. The molecule has 0 atom stereocenters. The van der Waals surface area contributed by atoms with E-state index in [9.17, 15) is 0 Å². The van der Waals surface area contributed by atoms with E-state index in [1.165, 1.54) is 5.56 Å². The van der Waals surface area contributed by atoms with Gasteiger partial charge in [-0.15, -0.1) is 0 Å². The Kier molecular flexibility index (Phi) is 5.08. The summed E-state index contributed by atoms with van der Waals surface area (Å²) in [7, 11) is 1.72. The van der Waals surface area contributed by atoms with Gasteiger partial charge in [0.1, 0.15) is 31.2 Å². The van der Waals surface area contributed by atoms with Crippen LogP contribution in [0.25, 0.3) is 11.2 Å². The predicted octanol–water partition coefficient (Wildman–Crippen LogP) is 3.19. The third-order valence-electron chi connectivity index (χ3n) is 5.73. The lowest BCUT2D eigenvalue weighted by Crippen LogP contribution is -2.34. The number of nitrogens with zero attached hydrogens (tertiary/aromatic N) is 4. The van der Waals surface area contributed by atoms with E-state index in [0.29, 0.717) is 25.9 Å². The molecule has 1 aromatic carbocycles. The third kappa shape index (κ3) is 3.68. The van der Waals surface area contributed by atoms with Crippen LogP contribution in [-0.4, -0.2) is 52.8 Å². The third-order valence-corrected chi connectivity index (χ3v) is 5.73. The lowest BCUT2D eigenvalue weighted by atomic mass is 10.0. The Morgan fingerprint density at radius 2 is 1.93 bits per heavy atom. The maximum atomic E-state index is 5.72. The fraction of sp³-hybridized carbons (Fsp3) is 0.455. The molecule has 2 aliphatic heterocycles. The second kappa shape index (κ2) is 8.00. The minimum absolute atomic E-state index is 0.400. The van der Waals surface area contributed by atoms with Gasteiger partial charge in [0.05, 0.1) is 0 Å². The first-order valence-corrected chi connectivity index (χ1v) is 10.2. The highest BCUT2D eigenvalue weighted by Gasteiger charge is 2.25. The number of aromatic nitrogens is 3. The van der Waals surface area contributed by atoms with Crippen LogP contribution in [0.4, 0.5) is 0 Å². The average molecular weight is 394 g/mol. The molecule has 0 unspecified atom stereocenters. The molecule has 0 bridgehead atoms. The Hall–Kier alpha value is -2.64. The van der Waals surface area contributed by atoms with Gasteiger partial charge in [-0.05, 0) is 42.7 Å².